The second-order valence-electron chi connectivity index (χ2n) is 7.48. The van der Waals surface area contributed by atoms with Crippen molar-refractivity contribution < 1.29 is 4.79 Å². The monoisotopic (exact) mass is 374 g/mol. The number of nitrogens with one attached hydrogen (secondary N) is 2. The normalized spacial score (nSPS) is 21.0. The van der Waals surface area contributed by atoms with Gasteiger partial charge in [0.2, 0.25) is 5.91 Å². The van der Waals surface area contributed by atoms with Crippen molar-refractivity contribution in [3.05, 3.63) is 24.3 Å². The SMILES string of the molecule is C[C@@H]1CCCN(CCCNC(=S)Nc2ccc(N3CCCC3=O)cc2)C1. The molecule has 2 saturated heterocycles. The fourth-order valence-electron chi connectivity index (χ4n) is 3.82. The average Bonchev–Trinajstić information content (AvgIpc) is 3.05. The van der Waals surface area contributed by atoms with Gasteiger partial charge < -0.3 is 20.4 Å². The third-order valence-electron chi connectivity index (χ3n) is 5.19. The molecule has 0 radical (unpaired) electrons. The molecule has 2 N–H and O–H groups in total. The molecule has 3 rings (SSSR count). The number of anilines is 2. The molecule has 1 atom stereocenters. The van der Waals surface area contributed by atoms with E-state index in [2.05, 4.69) is 22.5 Å². The summed E-state index contributed by atoms with van der Waals surface area (Å²) in [6.07, 6.45) is 5.40. The lowest BCUT2D eigenvalue weighted by Gasteiger charge is -2.30. The van der Waals surface area contributed by atoms with E-state index in [4.69, 9.17) is 12.2 Å². The smallest absolute Gasteiger partial charge is 0.227 e. The first kappa shape index (κ1) is 19.1. The van der Waals surface area contributed by atoms with Gasteiger partial charge in [-0.05, 0) is 81.2 Å². The van der Waals surface area contributed by atoms with Crippen LogP contribution < -0.4 is 15.5 Å². The maximum atomic E-state index is 11.8. The van der Waals surface area contributed by atoms with Crippen LogP contribution in [0.25, 0.3) is 0 Å². The Hall–Kier alpha value is -1.66. The Morgan fingerprint density at radius 2 is 2.04 bits per heavy atom. The molecule has 0 bridgehead atoms. The van der Waals surface area contributed by atoms with Crippen LogP contribution in [-0.2, 0) is 4.79 Å². The number of nitrogens with zero attached hydrogens (tertiary/aromatic N) is 2. The molecule has 0 spiro atoms. The number of piperidine rings is 1. The van der Waals surface area contributed by atoms with Crippen molar-refractivity contribution in [2.24, 2.45) is 5.92 Å². The summed E-state index contributed by atoms with van der Waals surface area (Å²) < 4.78 is 0. The van der Waals surface area contributed by atoms with E-state index in [0.29, 0.717) is 11.5 Å². The zero-order chi connectivity index (χ0) is 18.4. The lowest BCUT2D eigenvalue weighted by atomic mass is 10.0. The van der Waals surface area contributed by atoms with Crippen LogP contribution in [0.5, 0.6) is 0 Å². The van der Waals surface area contributed by atoms with E-state index in [1.165, 1.54) is 25.9 Å². The molecule has 1 aromatic rings. The molecule has 0 aromatic heterocycles. The Labute approximate surface area is 162 Å². The molecule has 2 fully saturated rings. The van der Waals surface area contributed by atoms with Crippen LogP contribution in [0, 0.1) is 5.92 Å². The summed E-state index contributed by atoms with van der Waals surface area (Å²) in [5.41, 5.74) is 1.91. The quantitative estimate of drug-likeness (QED) is 0.591. The maximum absolute atomic E-state index is 11.8. The summed E-state index contributed by atoms with van der Waals surface area (Å²) in [5.74, 6) is 1.05. The van der Waals surface area contributed by atoms with Crippen molar-refractivity contribution in [1.29, 1.82) is 0 Å². The molecule has 1 amide bonds. The van der Waals surface area contributed by atoms with Crippen LogP contribution in [0.3, 0.4) is 0 Å². The van der Waals surface area contributed by atoms with E-state index in [0.717, 1.165) is 49.8 Å². The zero-order valence-corrected chi connectivity index (χ0v) is 16.5. The molecule has 26 heavy (non-hydrogen) atoms. The van der Waals surface area contributed by atoms with Crippen LogP contribution in [0.4, 0.5) is 11.4 Å². The van der Waals surface area contributed by atoms with Crippen molar-refractivity contribution in [2.75, 3.05) is 42.9 Å². The van der Waals surface area contributed by atoms with E-state index >= 15 is 0 Å². The molecule has 2 aliphatic heterocycles. The van der Waals surface area contributed by atoms with E-state index in [-0.39, 0.29) is 5.91 Å². The summed E-state index contributed by atoms with van der Waals surface area (Å²) in [6.45, 7) is 7.65. The van der Waals surface area contributed by atoms with Crippen molar-refractivity contribution >= 4 is 34.6 Å². The van der Waals surface area contributed by atoms with E-state index in [1.807, 2.05) is 29.2 Å². The minimum absolute atomic E-state index is 0.214. The zero-order valence-electron chi connectivity index (χ0n) is 15.7. The van der Waals surface area contributed by atoms with Gasteiger partial charge in [-0.15, -0.1) is 0 Å². The van der Waals surface area contributed by atoms with Gasteiger partial charge in [-0.2, -0.15) is 0 Å². The second kappa shape index (κ2) is 9.33. The van der Waals surface area contributed by atoms with Crippen molar-refractivity contribution in [1.82, 2.24) is 10.2 Å². The molecular formula is C20H30N4OS. The minimum Gasteiger partial charge on any atom is -0.362 e. The summed E-state index contributed by atoms with van der Waals surface area (Å²) in [6, 6.07) is 7.91. The van der Waals surface area contributed by atoms with Gasteiger partial charge in [0.25, 0.3) is 0 Å². The van der Waals surface area contributed by atoms with Crippen LogP contribution in [-0.4, -0.2) is 48.6 Å². The number of thiocarbonyl (C=S) groups is 1. The standard InChI is InChI=1S/C20H30N4OS/c1-16-5-2-12-23(15-16)13-4-11-21-20(26)22-17-7-9-18(10-8-17)24-14-3-6-19(24)25/h7-10,16H,2-6,11-15H2,1H3,(H2,21,22,26)/t16-/m1/s1. The first-order chi connectivity index (χ1) is 12.6. The van der Waals surface area contributed by atoms with Gasteiger partial charge in [0.05, 0.1) is 0 Å². The Bertz CT molecular complexity index is 619. The van der Waals surface area contributed by atoms with Gasteiger partial charge in [0, 0.05) is 37.4 Å². The maximum Gasteiger partial charge on any atom is 0.227 e. The Morgan fingerprint density at radius 1 is 1.23 bits per heavy atom. The largest absolute Gasteiger partial charge is 0.362 e. The van der Waals surface area contributed by atoms with Gasteiger partial charge in [-0.3, -0.25) is 4.79 Å². The number of hydrogen-bond donors (Lipinski definition) is 2. The van der Waals surface area contributed by atoms with Gasteiger partial charge in [0.1, 0.15) is 0 Å². The van der Waals surface area contributed by atoms with E-state index < -0.39 is 0 Å². The van der Waals surface area contributed by atoms with Gasteiger partial charge in [-0.25, -0.2) is 0 Å². The number of carbonyl (C=O) groups is 1. The molecule has 6 heteroatoms. The Kier molecular flexibility index (Phi) is 6.86. The fourth-order valence-corrected chi connectivity index (χ4v) is 4.04. The molecule has 0 saturated carbocycles. The average molecular weight is 375 g/mol. The molecule has 2 aliphatic rings. The Balaban J connectivity index is 1.36. The van der Waals surface area contributed by atoms with Crippen molar-refractivity contribution in [3.63, 3.8) is 0 Å². The van der Waals surface area contributed by atoms with Crippen LogP contribution in [0.2, 0.25) is 0 Å². The van der Waals surface area contributed by atoms with Crippen LogP contribution in [0.1, 0.15) is 39.0 Å². The Morgan fingerprint density at radius 3 is 2.73 bits per heavy atom. The van der Waals surface area contributed by atoms with Crippen LogP contribution >= 0.6 is 12.2 Å². The number of amides is 1. The molecular weight excluding hydrogens is 344 g/mol. The molecule has 2 heterocycles. The first-order valence-electron chi connectivity index (χ1n) is 9.79. The molecule has 5 nitrogen and oxygen atoms in total. The van der Waals surface area contributed by atoms with E-state index in [9.17, 15) is 4.79 Å². The van der Waals surface area contributed by atoms with Crippen molar-refractivity contribution in [3.8, 4) is 0 Å². The lowest BCUT2D eigenvalue weighted by Crippen LogP contribution is -2.37. The number of rotatable bonds is 6. The molecule has 142 valence electrons. The van der Waals surface area contributed by atoms with E-state index in [1.54, 1.807) is 0 Å². The number of hydrogen-bond acceptors (Lipinski definition) is 3. The van der Waals surface area contributed by atoms with Crippen molar-refractivity contribution in [2.45, 2.75) is 39.0 Å². The number of likely N-dealkylation sites (tertiary alicyclic amines) is 1. The fraction of sp³-hybridized carbons (Fsp3) is 0.600. The summed E-state index contributed by atoms with van der Waals surface area (Å²) in [5, 5.41) is 7.16. The van der Waals surface area contributed by atoms with Gasteiger partial charge in [0.15, 0.2) is 5.11 Å². The highest BCUT2D eigenvalue weighted by Gasteiger charge is 2.21. The highest BCUT2D eigenvalue weighted by Crippen LogP contribution is 2.23. The van der Waals surface area contributed by atoms with Gasteiger partial charge >= 0.3 is 0 Å². The topological polar surface area (TPSA) is 47.6 Å². The first-order valence-corrected chi connectivity index (χ1v) is 10.2. The summed E-state index contributed by atoms with van der Waals surface area (Å²) >= 11 is 5.38. The third kappa shape index (κ3) is 5.42. The number of carbonyl (C=O) groups excluding carboxylic acids is 1. The molecule has 1 aromatic carbocycles. The summed E-state index contributed by atoms with van der Waals surface area (Å²) in [7, 11) is 0. The highest BCUT2D eigenvalue weighted by molar-refractivity contribution is 7.80. The number of benzene rings is 1. The van der Waals surface area contributed by atoms with Gasteiger partial charge in [-0.1, -0.05) is 6.92 Å². The third-order valence-corrected chi connectivity index (χ3v) is 5.43. The highest BCUT2D eigenvalue weighted by atomic mass is 32.1. The lowest BCUT2D eigenvalue weighted by molar-refractivity contribution is -0.117. The second-order valence-corrected chi connectivity index (χ2v) is 7.89. The van der Waals surface area contributed by atoms with Crippen LogP contribution in [0.15, 0.2) is 24.3 Å². The predicted octanol–water partition coefficient (Wildman–Crippen LogP) is 3.22. The summed E-state index contributed by atoms with van der Waals surface area (Å²) in [4.78, 5) is 16.2. The predicted molar refractivity (Wildman–Crippen MR) is 112 cm³/mol. The minimum atomic E-state index is 0.214. The molecule has 0 aliphatic carbocycles. The molecule has 0 unspecified atom stereocenters.